The van der Waals surface area contributed by atoms with Gasteiger partial charge in [0, 0.05) is 12.8 Å². The Bertz CT molecular complexity index is 1740. The van der Waals surface area contributed by atoms with Crippen molar-refractivity contribution in [3.63, 3.8) is 0 Å². The molecule has 1 aliphatic carbocycles. The summed E-state index contributed by atoms with van der Waals surface area (Å²) in [6.45, 7) is 1.88. The number of hydrogen-bond acceptors (Lipinski definition) is 9. The molecule has 3 aromatic rings. The summed E-state index contributed by atoms with van der Waals surface area (Å²) >= 11 is 0. The molecule has 5 amide bonds. The first-order valence-corrected chi connectivity index (χ1v) is 17.1. The molecule has 276 valence electrons. The molecular formula is C38H45N5O9. The van der Waals surface area contributed by atoms with Gasteiger partial charge in [0.25, 0.3) is 0 Å². The minimum Gasteiger partial charge on any atom is -0.493 e. The van der Waals surface area contributed by atoms with Crippen molar-refractivity contribution in [3.05, 3.63) is 83.4 Å². The Kier molecular flexibility index (Phi) is 12.2. The summed E-state index contributed by atoms with van der Waals surface area (Å²) in [5, 5.41) is 14.0. The topological polar surface area (TPSA) is 182 Å². The highest BCUT2D eigenvalue weighted by molar-refractivity contribution is 5.98. The van der Waals surface area contributed by atoms with Gasteiger partial charge in [-0.25, -0.2) is 0 Å². The van der Waals surface area contributed by atoms with E-state index >= 15 is 0 Å². The number of amides is 5. The van der Waals surface area contributed by atoms with Crippen molar-refractivity contribution in [2.24, 2.45) is 0 Å². The largest absolute Gasteiger partial charge is 0.493 e. The average molecular weight is 716 g/mol. The molecule has 0 radical (unpaired) electrons. The molecular weight excluding hydrogens is 670 g/mol. The van der Waals surface area contributed by atoms with Crippen LogP contribution < -0.4 is 45.5 Å². The highest BCUT2D eigenvalue weighted by atomic mass is 16.5. The quantitative estimate of drug-likeness (QED) is 0.215. The lowest BCUT2D eigenvalue weighted by molar-refractivity contribution is -0.134. The van der Waals surface area contributed by atoms with Gasteiger partial charge in [0.1, 0.15) is 36.0 Å². The van der Waals surface area contributed by atoms with Crippen LogP contribution in [0, 0.1) is 0 Å². The van der Waals surface area contributed by atoms with E-state index in [1.54, 1.807) is 36.4 Å². The number of carbonyl (C=O) groups excluding carboxylic acids is 5. The fourth-order valence-corrected chi connectivity index (χ4v) is 5.93. The van der Waals surface area contributed by atoms with Crippen molar-refractivity contribution in [2.75, 3.05) is 34.5 Å². The molecule has 14 heteroatoms. The van der Waals surface area contributed by atoms with Crippen LogP contribution in [0.3, 0.4) is 0 Å². The minimum absolute atomic E-state index is 0.0959. The summed E-state index contributed by atoms with van der Waals surface area (Å²) in [5.41, 5.74) is 0.990. The van der Waals surface area contributed by atoms with E-state index in [-0.39, 0.29) is 38.3 Å². The number of fused-ring (bicyclic) bond motifs is 15. The van der Waals surface area contributed by atoms with E-state index < -0.39 is 47.3 Å². The monoisotopic (exact) mass is 715 g/mol. The molecule has 5 N–H and O–H groups in total. The lowest BCUT2D eigenvalue weighted by Crippen LogP contribution is -2.59. The maximum Gasteiger partial charge on any atom is 0.245 e. The number of methoxy groups -OCH3 is 3. The Balaban J connectivity index is 1.38. The SMILES string of the molecule is COc1cc(CC(=O)N[C@H]2Cc3ccc(cc3)OCCNC(=O)C3(CC3)NC(=O)[C@@H](Cc3ccccc3)NC(=O)[C@H](C)NC2=O)cc(OC)c1OC. The summed E-state index contributed by atoms with van der Waals surface area (Å²) in [7, 11) is 4.43. The number of carbonyl (C=O) groups is 5. The van der Waals surface area contributed by atoms with Crippen LogP contribution in [0.4, 0.5) is 0 Å². The van der Waals surface area contributed by atoms with E-state index in [1.807, 2.05) is 30.3 Å². The molecule has 2 heterocycles. The van der Waals surface area contributed by atoms with E-state index in [1.165, 1.54) is 28.3 Å². The van der Waals surface area contributed by atoms with Gasteiger partial charge in [-0.15, -0.1) is 0 Å². The van der Waals surface area contributed by atoms with Crippen LogP contribution in [0.15, 0.2) is 66.7 Å². The van der Waals surface area contributed by atoms with Gasteiger partial charge in [0.2, 0.25) is 35.3 Å². The Morgan fingerprint density at radius 1 is 0.846 bits per heavy atom. The zero-order chi connectivity index (χ0) is 37.3. The van der Waals surface area contributed by atoms with Gasteiger partial charge in [-0.2, -0.15) is 0 Å². The normalized spacial score (nSPS) is 20.7. The third-order valence-electron chi connectivity index (χ3n) is 8.98. The summed E-state index contributed by atoms with van der Waals surface area (Å²) in [6.07, 6.45) is 1.05. The fourth-order valence-electron chi connectivity index (χ4n) is 5.93. The lowest BCUT2D eigenvalue weighted by Gasteiger charge is -2.25. The third-order valence-corrected chi connectivity index (χ3v) is 8.98. The number of hydrogen-bond donors (Lipinski definition) is 5. The van der Waals surface area contributed by atoms with Gasteiger partial charge >= 0.3 is 0 Å². The van der Waals surface area contributed by atoms with Crippen molar-refractivity contribution in [1.82, 2.24) is 26.6 Å². The van der Waals surface area contributed by atoms with Gasteiger partial charge in [0.05, 0.1) is 34.3 Å². The van der Waals surface area contributed by atoms with E-state index in [0.717, 1.165) is 11.1 Å². The maximum absolute atomic E-state index is 13.8. The second-order valence-electron chi connectivity index (χ2n) is 12.8. The first-order chi connectivity index (χ1) is 25.0. The van der Waals surface area contributed by atoms with E-state index in [0.29, 0.717) is 41.4 Å². The number of rotatable bonds is 8. The molecule has 3 atom stereocenters. The van der Waals surface area contributed by atoms with Crippen molar-refractivity contribution in [1.29, 1.82) is 0 Å². The Hall–Kier alpha value is -5.79. The predicted octanol–water partition coefficient (Wildman–Crippen LogP) is 1.37. The summed E-state index contributed by atoms with van der Waals surface area (Å²) in [4.78, 5) is 67.5. The predicted molar refractivity (Wildman–Crippen MR) is 190 cm³/mol. The average Bonchev–Trinajstić information content (AvgIpc) is 3.93. The van der Waals surface area contributed by atoms with Crippen LogP contribution in [0.25, 0.3) is 0 Å². The molecule has 1 fully saturated rings. The van der Waals surface area contributed by atoms with Gasteiger partial charge in [0.15, 0.2) is 11.5 Å². The molecule has 0 saturated heterocycles. The van der Waals surface area contributed by atoms with Crippen molar-refractivity contribution < 1.29 is 42.9 Å². The zero-order valence-corrected chi connectivity index (χ0v) is 29.7. The van der Waals surface area contributed by atoms with Gasteiger partial charge in [-0.05, 0) is 60.7 Å². The minimum atomic E-state index is -1.09. The summed E-state index contributed by atoms with van der Waals surface area (Å²) in [5.74, 6) is -0.848. The number of nitrogens with one attached hydrogen (secondary N) is 5. The molecule has 0 aromatic heterocycles. The molecule has 2 aliphatic heterocycles. The highest BCUT2D eigenvalue weighted by Crippen LogP contribution is 2.38. The summed E-state index contributed by atoms with van der Waals surface area (Å²) in [6, 6.07) is 16.3. The van der Waals surface area contributed by atoms with Gasteiger partial charge in [-0.3, -0.25) is 24.0 Å². The third kappa shape index (κ3) is 9.50. The van der Waals surface area contributed by atoms with Crippen LogP contribution in [0.2, 0.25) is 0 Å². The first-order valence-electron chi connectivity index (χ1n) is 17.1. The lowest BCUT2D eigenvalue weighted by atomic mass is 10.0. The van der Waals surface area contributed by atoms with Gasteiger partial charge in [-0.1, -0.05) is 42.5 Å². The van der Waals surface area contributed by atoms with Crippen LogP contribution in [-0.2, 0) is 43.2 Å². The number of benzene rings is 3. The Morgan fingerprint density at radius 2 is 1.52 bits per heavy atom. The molecule has 3 aromatic carbocycles. The zero-order valence-electron chi connectivity index (χ0n) is 29.7. The first kappa shape index (κ1) is 37.5. The van der Waals surface area contributed by atoms with Crippen molar-refractivity contribution in [2.45, 2.75) is 62.7 Å². The van der Waals surface area contributed by atoms with Crippen LogP contribution in [0.5, 0.6) is 23.0 Å². The van der Waals surface area contributed by atoms with Crippen LogP contribution in [0.1, 0.15) is 36.5 Å². The molecule has 3 aliphatic rings. The van der Waals surface area contributed by atoms with E-state index in [9.17, 15) is 24.0 Å². The standard InChI is InChI=1S/C38H45N5O9/c1-23-34(45)42-29(18-24-8-6-5-7-9-24)36(47)43-38(14-15-38)37(48)39-16-17-52-27-12-10-25(11-13-27)19-28(35(46)40-23)41-32(44)22-26-20-30(49-2)33(51-4)31(21-26)50-3/h5-13,20-21,23,28-29H,14-19,22H2,1-4H3,(H,39,48)(H,40,46)(H,41,44)(H,42,45)(H,43,47)/t23-,28-,29+/m0/s1. The second-order valence-corrected chi connectivity index (χ2v) is 12.8. The van der Waals surface area contributed by atoms with Gasteiger partial charge < -0.3 is 45.5 Å². The molecule has 14 nitrogen and oxygen atoms in total. The fraction of sp³-hybridized carbons (Fsp3) is 0.395. The summed E-state index contributed by atoms with van der Waals surface area (Å²) < 4.78 is 22.0. The molecule has 52 heavy (non-hydrogen) atoms. The second kappa shape index (κ2) is 16.9. The number of ether oxygens (including phenoxy) is 4. The Morgan fingerprint density at radius 3 is 2.13 bits per heavy atom. The van der Waals surface area contributed by atoms with E-state index in [2.05, 4.69) is 26.6 Å². The smallest absolute Gasteiger partial charge is 0.245 e. The van der Waals surface area contributed by atoms with Crippen molar-refractivity contribution in [3.8, 4) is 23.0 Å². The van der Waals surface area contributed by atoms with E-state index in [4.69, 9.17) is 18.9 Å². The van der Waals surface area contributed by atoms with Crippen LogP contribution >= 0.6 is 0 Å². The Labute approximate surface area is 302 Å². The molecule has 0 unspecified atom stereocenters. The molecule has 6 rings (SSSR count). The maximum atomic E-state index is 13.8. The van der Waals surface area contributed by atoms with Crippen molar-refractivity contribution >= 4 is 29.5 Å². The molecule has 1 saturated carbocycles. The van der Waals surface area contributed by atoms with Crippen LogP contribution in [-0.4, -0.2) is 87.7 Å². The highest BCUT2D eigenvalue weighted by Gasteiger charge is 2.51. The molecule has 2 bridgehead atoms. The molecule has 1 spiro atoms.